The zero-order chi connectivity index (χ0) is 15.4. The van der Waals surface area contributed by atoms with Crippen LogP contribution in [0.25, 0.3) is 10.9 Å². The molecule has 0 saturated heterocycles. The van der Waals surface area contributed by atoms with Crippen LogP contribution in [0.3, 0.4) is 0 Å². The molecule has 0 aliphatic heterocycles. The molecule has 5 heteroatoms. The van der Waals surface area contributed by atoms with Gasteiger partial charge < -0.3 is 15.0 Å². The van der Waals surface area contributed by atoms with Crippen molar-refractivity contribution in [3.63, 3.8) is 0 Å². The van der Waals surface area contributed by atoms with Crippen LogP contribution in [0.15, 0.2) is 30.3 Å². The Morgan fingerprint density at radius 3 is 2.76 bits per heavy atom. The number of hydrogen-bond donors (Lipinski definition) is 2. The van der Waals surface area contributed by atoms with Gasteiger partial charge in [0.05, 0.1) is 6.61 Å². The van der Waals surface area contributed by atoms with Gasteiger partial charge in [-0.3, -0.25) is 4.79 Å². The molecule has 0 aliphatic carbocycles. The standard InChI is InChI=1S/C16H22N2O2S/c1-4-18-13-8-6-5-7-12(13)9-14(18)16(20)17-11(2)15(10-19)21-3/h5-9,11,15,19H,4,10H2,1-3H3,(H,17,20). The van der Waals surface area contributed by atoms with Gasteiger partial charge >= 0.3 is 0 Å². The van der Waals surface area contributed by atoms with Gasteiger partial charge in [-0.05, 0) is 32.2 Å². The first-order chi connectivity index (χ1) is 10.1. The molecular formula is C16H22N2O2S. The van der Waals surface area contributed by atoms with Crippen molar-refractivity contribution in [3.05, 3.63) is 36.0 Å². The third-order valence-corrected chi connectivity index (χ3v) is 4.92. The number of carbonyl (C=O) groups is 1. The van der Waals surface area contributed by atoms with Gasteiger partial charge in [0.2, 0.25) is 0 Å². The molecule has 2 N–H and O–H groups in total. The van der Waals surface area contributed by atoms with Crippen LogP contribution in [0.5, 0.6) is 0 Å². The van der Waals surface area contributed by atoms with Crippen molar-refractivity contribution < 1.29 is 9.90 Å². The number of para-hydroxylation sites is 1. The number of nitrogens with zero attached hydrogens (tertiary/aromatic N) is 1. The summed E-state index contributed by atoms with van der Waals surface area (Å²) in [5.74, 6) is -0.0898. The number of hydrogen-bond acceptors (Lipinski definition) is 3. The molecule has 2 rings (SSSR count). The molecule has 0 saturated carbocycles. The molecule has 2 unspecified atom stereocenters. The zero-order valence-corrected chi connectivity index (χ0v) is 13.5. The summed E-state index contributed by atoms with van der Waals surface area (Å²) in [5, 5.41) is 13.4. The summed E-state index contributed by atoms with van der Waals surface area (Å²) in [5.41, 5.74) is 1.74. The van der Waals surface area contributed by atoms with E-state index < -0.39 is 0 Å². The van der Waals surface area contributed by atoms with Gasteiger partial charge in [-0.1, -0.05) is 18.2 Å². The van der Waals surface area contributed by atoms with E-state index in [0.29, 0.717) is 5.69 Å². The number of amides is 1. The third kappa shape index (κ3) is 3.24. The smallest absolute Gasteiger partial charge is 0.268 e. The Balaban J connectivity index is 2.27. The highest BCUT2D eigenvalue weighted by atomic mass is 32.2. The monoisotopic (exact) mass is 306 g/mol. The molecule has 0 radical (unpaired) electrons. The first-order valence-corrected chi connectivity index (χ1v) is 8.44. The quantitative estimate of drug-likeness (QED) is 0.862. The minimum atomic E-state index is -0.0898. The van der Waals surface area contributed by atoms with E-state index in [0.717, 1.165) is 17.4 Å². The SMILES string of the molecule is CCn1c(C(=O)NC(C)C(CO)SC)cc2ccccc21. The lowest BCUT2D eigenvalue weighted by molar-refractivity contribution is 0.0927. The Morgan fingerprint density at radius 1 is 1.43 bits per heavy atom. The summed E-state index contributed by atoms with van der Waals surface area (Å²) in [6, 6.07) is 9.84. The van der Waals surface area contributed by atoms with Gasteiger partial charge in [-0.2, -0.15) is 11.8 Å². The molecule has 2 aromatic rings. The van der Waals surface area contributed by atoms with Crippen molar-refractivity contribution in [1.29, 1.82) is 0 Å². The molecule has 1 aromatic carbocycles. The summed E-state index contributed by atoms with van der Waals surface area (Å²) >= 11 is 1.56. The van der Waals surface area contributed by atoms with Crippen LogP contribution in [0.1, 0.15) is 24.3 Å². The predicted molar refractivity (Wildman–Crippen MR) is 88.9 cm³/mol. The number of aliphatic hydroxyl groups is 1. The van der Waals surface area contributed by atoms with Crippen LogP contribution in [-0.2, 0) is 6.54 Å². The van der Waals surface area contributed by atoms with E-state index in [1.807, 2.05) is 55.0 Å². The molecule has 114 valence electrons. The van der Waals surface area contributed by atoms with Crippen LogP contribution in [0.2, 0.25) is 0 Å². The van der Waals surface area contributed by atoms with E-state index in [-0.39, 0.29) is 23.8 Å². The number of aryl methyl sites for hydroxylation is 1. The second-order valence-corrected chi connectivity index (χ2v) is 6.13. The molecule has 1 heterocycles. The Morgan fingerprint density at radius 2 is 2.14 bits per heavy atom. The molecule has 0 bridgehead atoms. The van der Waals surface area contributed by atoms with Crippen LogP contribution < -0.4 is 5.32 Å². The summed E-state index contributed by atoms with van der Waals surface area (Å²) in [6.45, 7) is 4.76. The van der Waals surface area contributed by atoms with Gasteiger partial charge in [0.1, 0.15) is 5.69 Å². The minimum absolute atomic E-state index is 0.00778. The number of fused-ring (bicyclic) bond motifs is 1. The number of benzene rings is 1. The highest BCUT2D eigenvalue weighted by Gasteiger charge is 2.20. The molecular weight excluding hydrogens is 284 g/mol. The molecule has 0 aliphatic rings. The summed E-state index contributed by atoms with van der Waals surface area (Å²) in [7, 11) is 0. The number of rotatable bonds is 6. The minimum Gasteiger partial charge on any atom is -0.395 e. The normalized spacial score (nSPS) is 14.1. The number of nitrogens with one attached hydrogen (secondary N) is 1. The second kappa shape index (κ2) is 7.00. The molecule has 2 atom stereocenters. The largest absolute Gasteiger partial charge is 0.395 e. The number of carbonyl (C=O) groups excluding carboxylic acids is 1. The Kier molecular flexibility index (Phi) is 5.31. The first-order valence-electron chi connectivity index (χ1n) is 7.15. The molecule has 1 amide bonds. The predicted octanol–water partition coefficient (Wildman–Crippen LogP) is 2.50. The lowest BCUT2D eigenvalue weighted by atomic mass is 10.2. The topological polar surface area (TPSA) is 54.3 Å². The zero-order valence-electron chi connectivity index (χ0n) is 12.7. The fraction of sp³-hybridized carbons (Fsp3) is 0.438. The van der Waals surface area contributed by atoms with Crippen LogP contribution in [0.4, 0.5) is 0 Å². The first kappa shape index (κ1) is 15.9. The Bertz CT molecular complexity index is 620. The van der Waals surface area contributed by atoms with Crippen molar-refractivity contribution in [1.82, 2.24) is 9.88 Å². The average molecular weight is 306 g/mol. The van der Waals surface area contributed by atoms with Crippen LogP contribution in [-0.4, -0.2) is 39.7 Å². The lowest BCUT2D eigenvalue weighted by Gasteiger charge is -2.21. The van der Waals surface area contributed by atoms with Crippen molar-refractivity contribution >= 4 is 28.6 Å². The van der Waals surface area contributed by atoms with Crippen LogP contribution >= 0.6 is 11.8 Å². The highest BCUT2D eigenvalue weighted by molar-refractivity contribution is 7.99. The van der Waals surface area contributed by atoms with E-state index in [1.165, 1.54) is 0 Å². The van der Waals surface area contributed by atoms with Crippen LogP contribution in [0, 0.1) is 0 Å². The molecule has 0 fully saturated rings. The molecule has 4 nitrogen and oxygen atoms in total. The maximum Gasteiger partial charge on any atom is 0.268 e. The summed E-state index contributed by atoms with van der Waals surface area (Å²) in [6.07, 6.45) is 1.94. The maximum atomic E-state index is 12.5. The van der Waals surface area contributed by atoms with Gasteiger partial charge in [-0.25, -0.2) is 0 Å². The fourth-order valence-electron chi connectivity index (χ4n) is 2.55. The fourth-order valence-corrected chi connectivity index (χ4v) is 3.17. The van der Waals surface area contributed by atoms with E-state index >= 15 is 0 Å². The van der Waals surface area contributed by atoms with E-state index in [1.54, 1.807) is 11.8 Å². The Hall–Kier alpha value is -1.46. The molecule has 21 heavy (non-hydrogen) atoms. The lowest BCUT2D eigenvalue weighted by Crippen LogP contribution is -2.41. The number of aromatic nitrogens is 1. The second-order valence-electron chi connectivity index (χ2n) is 5.05. The number of thioether (sulfide) groups is 1. The van der Waals surface area contributed by atoms with Gasteiger partial charge in [0, 0.05) is 28.7 Å². The van der Waals surface area contributed by atoms with E-state index in [9.17, 15) is 9.90 Å². The van der Waals surface area contributed by atoms with Gasteiger partial charge in [-0.15, -0.1) is 0 Å². The van der Waals surface area contributed by atoms with Crippen molar-refractivity contribution in [2.45, 2.75) is 31.7 Å². The van der Waals surface area contributed by atoms with Gasteiger partial charge in [0.25, 0.3) is 5.91 Å². The molecule has 0 spiro atoms. The summed E-state index contributed by atoms with van der Waals surface area (Å²) in [4.78, 5) is 12.5. The molecule has 1 aromatic heterocycles. The van der Waals surface area contributed by atoms with E-state index in [2.05, 4.69) is 5.32 Å². The van der Waals surface area contributed by atoms with Crippen molar-refractivity contribution in [3.8, 4) is 0 Å². The average Bonchev–Trinajstić information content (AvgIpc) is 2.87. The number of aliphatic hydroxyl groups excluding tert-OH is 1. The van der Waals surface area contributed by atoms with Gasteiger partial charge in [0.15, 0.2) is 0 Å². The third-order valence-electron chi connectivity index (χ3n) is 3.76. The maximum absolute atomic E-state index is 12.5. The van der Waals surface area contributed by atoms with E-state index in [4.69, 9.17) is 0 Å². The van der Waals surface area contributed by atoms with Crippen molar-refractivity contribution in [2.24, 2.45) is 0 Å². The Labute approximate surface area is 129 Å². The highest BCUT2D eigenvalue weighted by Crippen LogP contribution is 2.20. The summed E-state index contributed by atoms with van der Waals surface area (Å²) < 4.78 is 2.02. The van der Waals surface area contributed by atoms with Crippen molar-refractivity contribution in [2.75, 3.05) is 12.9 Å².